The van der Waals surface area contributed by atoms with Crippen LogP contribution in [0.2, 0.25) is 0 Å². The van der Waals surface area contributed by atoms with E-state index < -0.39 is 0 Å². The maximum Gasteiger partial charge on any atom is 2.00 e. The predicted octanol–water partition coefficient (Wildman–Crippen LogP) is 0.205. The van der Waals surface area contributed by atoms with Crippen molar-refractivity contribution in [1.82, 2.24) is 0 Å². The third-order valence-corrected chi connectivity index (χ3v) is 1.16. The molecule has 0 spiro atoms. The molecule has 0 radical (unpaired) electrons. The number of hydrogen-bond acceptors (Lipinski definition) is 1. The van der Waals surface area contributed by atoms with E-state index in [4.69, 9.17) is 4.74 Å². The molecule has 48 valence electrons. The summed E-state index contributed by atoms with van der Waals surface area (Å²) in [6, 6.07) is 0. The summed E-state index contributed by atoms with van der Waals surface area (Å²) < 4.78 is 5.15. The summed E-state index contributed by atoms with van der Waals surface area (Å²) in [5.74, 6) is 0. The molecule has 0 aromatic carbocycles. The van der Waals surface area contributed by atoms with Crippen molar-refractivity contribution in [3.63, 3.8) is 0 Å². The van der Waals surface area contributed by atoms with Gasteiger partial charge in [0.15, 0.2) is 0 Å². The third-order valence-electron chi connectivity index (χ3n) is 1.16. The fourth-order valence-electron chi connectivity index (χ4n) is 0.739. The van der Waals surface area contributed by atoms with Crippen molar-refractivity contribution in [2.45, 2.75) is 25.9 Å². The molecule has 1 aliphatic rings. The van der Waals surface area contributed by atoms with Gasteiger partial charge in [0, 0.05) is 6.61 Å². The van der Waals surface area contributed by atoms with Crippen LogP contribution in [0.1, 0.15) is 22.6 Å². The van der Waals surface area contributed by atoms with Crippen LogP contribution < -0.4 is 0 Å². The summed E-state index contributed by atoms with van der Waals surface area (Å²) in [5.41, 5.74) is 0. The molecule has 1 rings (SSSR count). The Labute approximate surface area is 93.3 Å². The van der Waals surface area contributed by atoms with E-state index in [1.807, 2.05) is 0 Å². The number of rotatable bonds is 0. The minimum Gasteiger partial charge on any atom is -1.00 e. The van der Waals surface area contributed by atoms with Crippen LogP contribution in [0.4, 0.5) is 0 Å². The van der Waals surface area contributed by atoms with E-state index in [1.165, 1.54) is 12.8 Å². The molecule has 0 bridgehead atoms. The van der Waals surface area contributed by atoms with E-state index in [0.29, 0.717) is 6.10 Å². The molecule has 1 saturated heterocycles. The van der Waals surface area contributed by atoms with Gasteiger partial charge in [0.1, 0.15) is 0 Å². The van der Waals surface area contributed by atoms with Crippen molar-refractivity contribution in [3.8, 4) is 0 Å². The monoisotopic (exact) mass is 244 g/mol. The first kappa shape index (κ1) is 12.2. The van der Waals surface area contributed by atoms with Crippen LogP contribution in [0.25, 0.3) is 0 Å². The van der Waals surface area contributed by atoms with Gasteiger partial charge in [-0.15, -0.1) is 0 Å². The Balaban J connectivity index is -0.0000000450. The fourth-order valence-corrected chi connectivity index (χ4v) is 0.739. The van der Waals surface area contributed by atoms with E-state index >= 15 is 0 Å². The smallest absolute Gasteiger partial charge is 1.00 e. The van der Waals surface area contributed by atoms with Crippen molar-refractivity contribution in [2.24, 2.45) is 0 Å². The topological polar surface area (TPSA) is 40.7 Å². The van der Waals surface area contributed by atoms with Gasteiger partial charge in [-0.3, -0.25) is 0 Å². The predicted molar refractivity (Wildman–Crippen MR) is 36.2 cm³/mol. The largest absolute Gasteiger partial charge is 2.00 e. The summed E-state index contributed by atoms with van der Waals surface area (Å²) >= 11 is 0. The van der Waals surface area contributed by atoms with Crippen LogP contribution in [0.5, 0.6) is 0 Å². The molecule has 1 heterocycles. The van der Waals surface area contributed by atoms with E-state index in [0.717, 1.165) is 6.61 Å². The van der Waals surface area contributed by atoms with Gasteiger partial charge < -0.3 is 13.1 Å². The zero-order valence-corrected chi connectivity index (χ0v) is 9.75. The second-order valence-electron chi connectivity index (χ2n) is 1.82. The van der Waals surface area contributed by atoms with Crippen molar-refractivity contribution in [2.75, 3.05) is 6.61 Å². The average Bonchev–Trinajstić information content (AvgIpc) is 1.86. The number of hydrogen-bond donors (Lipinski definition) is 0. The number of ether oxygens (including phenoxy) is 1. The summed E-state index contributed by atoms with van der Waals surface area (Å²) in [6.45, 7) is 3.11. The Bertz CT molecular complexity index is 50.9. The first-order chi connectivity index (χ1) is 2.89. The Morgan fingerprint density at radius 1 is 1.62 bits per heavy atom. The molecule has 1 unspecified atom stereocenters. The molecular formula is C5H14BaO2. The molecule has 1 fully saturated rings. The molecule has 3 heteroatoms. The summed E-state index contributed by atoms with van der Waals surface area (Å²) in [6.07, 6.45) is 3.08. The Hall–Kier alpha value is 1.49. The molecule has 2 N–H and O–H groups in total. The van der Waals surface area contributed by atoms with Gasteiger partial charge in [-0.05, 0) is 19.8 Å². The molecule has 1 atom stereocenters. The summed E-state index contributed by atoms with van der Waals surface area (Å²) in [7, 11) is 0. The molecule has 0 aliphatic carbocycles. The van der Waals surface area contributed by atoms with E-state index in [-0.39, 0.29) is 57.2 Å². The molecule has 0 aromatic rings. The van der Waals surface area contributed by atoms with E-state index in [2.05, 4.69) is 6.92 Å². The van der Waals surface area contributed by atoms with Gasteiger partial charge in [-0.2, -0.15) is 0 Å². The summed E-state index contributed by atoms with van der Waals surface area (Å²) in [5, 5.41) is 0. The van der Waals surface area contributed by atoms with Crippen LogP contribution in [-0.4, -0.2) is 67.1 Å². The van der Waals surface area contributed by atoms with E-state index in [1.54, 1.807) is 0 Å². The van der Waals surface area contributed by atoms with Crippen LogP contribution in [0.3, 0.4) is 0 Å². The molecule has 0 aromatic heterocycles. The normalized spacial score (nSPS) is 25.9. The first-order valence-corrected chi connectivity index (χ1v) is 2.51. The SMILES string of the molecule is CC1CCCO1.O.[Ba+2].[H-].[H-]. The van der Waals surface area contributed by atoms with Crippen molar-refractivity contribution >= 4 is 48.9 Å². The van der Waals surface area contributed by atoms with Gasteiger partial charge in [-0.25, -0.2) is 0 Å². The minimum absolute atomic E-state index is 0. The first-order valence-electron chi connectivity index (χ1n) is 2.51. The second kappa shape index (κ2) is 6.61. The van der Waals surface area contributed by atoms with Crippen LogP contribution in [0.15, 0.2) is 0 Å². The van der Waals surface area contributed by atoms with Crippen LogP contribution in [-0.2, 0) is 4.74 Å². The molecule has 2 nitrogen and oxygen atoms in total. The van der Waals surface area contributed by atoms with Gasteiger partial charge >= 0.3 is 48.9 Å². The van der Waals surface area contributed by atoms with Gasteiger partial charge in [-0.1, -0.05) is 0 Å². The Morgan fingerprint density at radius 2 is 2.25 bits per heavy atom. The molecule has 0 amide bonds. The van der Waals surface area contributed by atoms with Crippen molar-refractivity contribution in [1.29, 1.82) is 0 Å². The van der Waals surface area contributed by atoms with Crippen LogP contribution >= 0.6 is 0 Å². The molecular weight excluding hydrogens is 229 g/mol. The Kier molecular flexibility index (Phi) is 10.1. The molecule has 8 heavy (non-hydrogen) atoms. The maximum absolute atomic E-state index is 5.15. The zero-order valence-electron chi connectivity index (χ0n) is 7.31. The minimum atomic E-state index is 0. The van der Waals surface area contributed by atoms with Gasteiger partial charge in [0.25, 0.3) is 0 Å². The molecule has 1 aliphatic heterocycles. The van der Waals surface area contributed by atoms with Crippen molar-refractivity contribution in [3.05, 3.63) is 0 Å². The maximum atomic E-state index is 5.15. The third kappa shape index (κ3) is 4.38. The fraction of sp³-hybridized carbons (Fsp3) is 1.00. The quantitative estimate of drug-likeness (QED) is 0.561. The van der Waals surface area contributed by atoms with Crippen molar-refractivity contribution < 1.29 is 13.1 Å². The Morgan fingerprint density at radius 3 is 2.38 bits per heavy atom. The second-order valence-corrected chi connectivity index (χ2v) is 1.82. The summed E-state index contributed by atoms with van der Waals surface area (Å²) in [4.78, 5) is 0. The average molecular weight is 243 g/mol. The van der Waals surface area contributed by atoms with Gasteiger partial charge in [0.05, 0.1) is 6.10 Å². The zero-order chi connectivity index (χ0) is 4.41. The standard InChI is InChI=1S/C5H10O.Ba.H2O.2H/c1-5-3-2-4-6-5;;;;/h5H,2-4H2,1H3;;1H2;;/q;+2;;2*-1. The van der Waals surface area contributed by atoms with Crippen LogP contribution in [0, 0.1) is 0 Å². The van der Waals surface area contributed by atoms with Gasteiger partial charge in [0.2, 0.25) is 0 Å². The van der Waals surface area contributed by atoms with E-state index in [9.17, 15) is 0 Å². The molecule has 0 saturated carbocycles.